The predicted octanol–water partition coefficient (Wildman–Crippen LogP) is 2.84. The fourth-order valence-corrected chi connectivity index (χ4v) is 2.24. The van der Waals surface area contributed by atoms with Crippen molar-refractivity contribution in [1.82, 2.24) is 0 Å². The summed E-state index contributed by atoms with van der Waals surface area (Å²) >= 11 is 0. The van der Waals surface area contributed by atoms with Crippen molar-refractivity contribution in [2.45, 2.75) is 38.9 Å². The van der Waals surface area contributed by atoms with Gasteiger partial charge in [0.25, 0.3) is 0 Å². The smallest absolute Gasteiger partial charge is 0.492 e. The summed E-state index contributed by atoms with van der Waals surface area (Å²) in [5, 5.41) is 9.66. The lowest BCUT2D eigenvalue weighted by atomic mass is 9.77. The maximum atomic E-state index is 13.7. The van der Waals surface area contributed by atoms with Crippen LogP contribution in [0.1, 0.15) is 33.3 Å². The highest BCUT2D eigenvalue weighted by molar-refractivity contribution is 6.55. The van der Waals surface area contributed by atoms with Crippen LogP contribution in [0.5, 0.6) is 5.75 Å². The minimum Gasteiger partial charge on any atom is -0.493 e. The van der Waals surface area contributed by atoms with Crippen LogP contribution >= 0.6 is 0 Å². The highest BCUT2D eigenvalue weighted by Crippen LogP contribution is 2.39. The maximum absolute atomic E-state index is 13.7. The van der Waals surface area contributed by atoms with Gasteiger partial charge in [0.05, 0.1) is 24.9 Å². The Bertz CT molecular complexity index is 568. The first-order chi connectivity index (χ1) is 10.2. The Kier molecular flexibility index (Phi) is 4.66. The minimum atomic E-state index is -0.678. The van der Waals surface area contributed by atoms with Crippen molar-refractivity contribution in [3.05, 3.63) is 35.1 Å². The van der Waals surface area contributed by atoms with Crippen LogP contribution in [0.25, 0.3) is 6.08 Å². The molecule has 1 aliphatic heterocycles. The first kappa shape index (κ1) is 17.0. The minimum absolute atomic E-state index is 0.130. The largest absolute Gasteiger partial charge is 0.493 e. The number of hydrogen-bond acceptors (Lipinski definition) is 4. The SMILES string of the molecule is COc1c(F)cccc1C=C(CO)B1OC(C)(C)C(C)(C)O1. The van der Waals surface area contributed by atoms with Gasteiger partial charge in [-0.25, -0.2) is 4.39 Å². The average molecular weight is 308 g/mol. The molecular weight excluding hydrogens is 286 g/mol. The third-order valence-electron chi connectivity index (χ3n) is 4.28. The van der Waals surface area contributed by atoms with E-state index in [0.717, 1.165) is 0 Å². The molecule has 0 spiro atoms. The fourth-order valence-electron chi connectivity index (χ4n) is 2.24. The molecule has 1 saturated heterocycles. The summed E-state index contributed by atoms with van der Waals surface area (Å²) in [7, 11) is 0.728. The molecular formula is C16H22BFO4. The number of aliphatic hydroxyl groups is 1. The van der Waals surface area contributed by atoms with Crippen molar-refractivity contribution >= 4 is 13.2 Å². The van der Waals surface area contributed by atoms with Gasteiger partial charge in [-0.1, -0.05) is 18.2 Å². The maximum Gasteiger partial charge on any atom is 0.492 e. The van der Waals surface area contributed by atoms with Gasteiger partial charge in [0.2, 0.25) is 0 Å². The van der Waals surface area contributed by atoms with Crippen LogP contribution in [-0.2, 0) is 9.31 Å². The number of rotatable bonds is 4. The van der Waals surface area contributed by atoms with E-state index in [1.807, 2.05) is 27.7 Å². The molecule has 1 aromatic carbocycles. The standard InChI is InChI=1S/C16H22BFO4/c1-15(2)16(3,4)22-17(21-15)12(10-19)9-11-7-6-8-13(18)14(11)20-5/h6-9,19H,10H2,1-5H3. The van der Waals surface area contributed by atoms with E-state index in [9.17, 15) is 9.50 Å². The Labute approximate surface area is 131 Å². The fraction of sp³-hybridized carbons (Fsp3) is 0.500. The summed E-state index contributed by atoms with van der Waals surface area (Å²) in [6.07, 6.45) is 1.64. The summed E-state index contributed by atoms with van der Waals surface area (Å²) in [4.78, 5) is 0. The predicted molar refractivity (Wildman–Crippen MR) is 84.1 cm³/mol. The van der Waals surface area contributed by atoms with Gasteiger partial charge in [-0.3, -0.25) is 0 Å². The number of methoxy groups -OCH3 is 1. The van der Waals surface area contributed by atoms with Gasteiger partial charge >= 0.3 is 7.12 Å². The van der Waals surface area contributed by atoms with Crippen molar-refractivity contribution in [3.8, 4) is 5.75 Å². The molecule has 0 bridgehead atoms. The third kappa shape index (κ3) is 3.04. The van der Waals surface area contributed by atoms with Crippen LogP contribution in [-0.4, -0.2) is 37.1 Å². The average Bonchev–Trinajstić information content (AvgIpc) is 2.64. The molecule has 6 heteroatoms. The summed E-state index contributed by atoms with van der Waals surface area (Å²) in [5.41, 5.74) is 0.0411. The van der Waals surface area contributed by atoms with Gasteiger partial charge in [-0.15, -0.1) is 0 Å². The molecule has 120 valence electrons. The first-order valence-corrected chi connectivity index (χ1v) is 7.21. The lowest BCUT2D eigenvalue weighted by Gasteiger charge is -2.32. The van der Waals surface area contributed by atoms with E-state index >= 15 is 0 Å². The lowest BCUT2D eigenvalue weighted by molar-refractivity contribution is 0.00578. The van der Waals surface area contributed by atoms with Crippen LogP contribution < -0.4 is 4.74 Å². The molecule has 0 radical (unpaired) electrons. The van der Waals surface area contributed by atoms with Crippen molar-refractivity contribution in [1.29, 1.82) is 0 Å². The molecule has 1 heterocycles. The number of benzene rings is 1. The summed E-state index contributed by atoms with van der Waals surface area (Å²) in [6, 6.07) is 4.62. The zero-order valence-corrected chi connectivity index (χ0v) is 13.6. The molecule has 0 saturated carbocycles. The van der Waals surface area contributed by atoms with E-state index < -0.39 is 24.1 Å². The molecule has 0 atom stereocenters. The van der Waals surface area contributed by atoms with Crippen LogP contribution in [0.3, 0.4) is 0 Å². The molecule has 0 aromatic heterocycles. The Morgan fingerprint density at radius 3 is 2.36 bits per heavy atom. The molecule has 22 heavy (non-hydrogen) atoms. The zero-order chi connectivity index (χ0) is 16.5. The van der Waals surface area contributed by atoms with E-state index in [1.54, 1.807) is 18.2 Å². The van der Waals surface area contributed by atoms with Crippen molar-refractivity contribution in [2.24, 2.45) is 0 Å². The molecule has 1 N–H and O–H groups in total. The highest BCUT2D eigenvalue weighted by atomic mass is 19.1. The normalized spacial score (nSPS) is 20.3. The molecule has 0 unspecified atom stereocenters. The van der Waals surface area contributed by atoms with Crippen molar-refractivity contribution in [2.75, 3.05) is 13.7 Å². The van der Waals surface area contributed by atoms with Crippen LogP contribution in [0.2, 0.25) is 0 Å². The number of hydrogen-bond donors (Lipinski definition) is 1. The van der Waals surface area contributed by atoms with E-state index in [2.05, 4.69) is 0 Å². The van der Waals surface area contributed by atoms with Gasteiger partial charge in [-0.05, 0) is 39.2 Å². The number of ether oxygens (including phenoxy) is 1. The van der Waals surface area contributed by atoms with Crippen LogP contribution in [0.15, 0.2) is 23.7 Å². The second-order valence-corrected chi connectivity index (χ2v) is 6.33. The summed E-state index contributed by atoms with van der Waals surface area (Å²) in [5.74, 6) is -0.326. The van der Waals surface area contributed by atoms with E-state index in [1.165, 1.54) is 13.2 Å². The van der Waals surface area contributed by atoms with Gasteiger partial charge in [0, 0.05) is 5.56 Å². The first-order valence-electron chi connectivity index (χ1n) is 7.21. The molecule has 4 nitrogen and oxygen atoms in total. The monoisotopic (exact) mass is 308 g/mol. The molecule has 1 aromatic rings. The number of halogens is 1. The Morgan fingerprint density at radius 1 is 1.27 bits per heavy atom. The van der Waals surface area contributed by atoms with Crippen molar-refractivity contribution < 1.29 is 23.5 Å². The summed E-state index contributed by atoms with van der Waals surface area (Å²) in [6.45, 7) is 7.49. The van der Waals surface area contributed by atoms with Crippen LogP contribution in [0, 0.1) is 5.82 Å². The third-order valence-corrected chi connectivity index (χ3v) is 4.28. The van der Waals surface area contributed by atoms with Gasteiger partial charge < -0.3 is 19.2 Å². The number of aliphatic hydroxyl groups excluding tert-OH is 1. The Hall–Kier alpha value is -1.37. The van der Waals surface area contributed by atoms with Crippen molar-refractivity contribution in [3.63, 3.8) is 0 Å². The second-order valence-electron chi connectivity index (χ2n) is 6.33. The second kappa shape index (κ2) is 6.03. The lowest BCUT2D eigenvalue weighted by Crippen LogP contribution is -2.41. The van der Waals surface area contributed by atoms with E-state index in [4.69, 9.17) is 14.0 Å². The number of para-hydroxylation sites is 1. The Morgan fingerprint density at radius 2 is 1.86 bits per heavy atom. The van der Waals surface area contributed by atoms with E-state index in [0.29, 0.717) is 11.0 Å². The topological polar surface area (TPSA) is 47.9 Å². The van der Waals surface area contributed by atoms with Gasteiger partial charge in [0.15, 0.2) is 11.6 Å². The van der Waals surface area contributed by atoms with E-state index in [-0.39, 0.29) is 12.4 Å². The molecule has 0 amide bonds. The molecule has 1 fully saturated rings. The molecule has 1 aliphatic rings. The zero-order valence-electron chi connectivity index (χ0n) is 13.6. The summed E-state index contributed by atoms with van der Waals surface area (Å²) < 4.78 is 30.6. The highest BCUT2D eigenvalue weighted by Gasteiger charge is 2.52. The quantitative estimate of drug-likeness (QED) is 0.869. The molecule has 0 aliphatic carbocycles. The Balaban J connectivity index is 2.36. The molecule has 2 rings (SSSR count). The van der Waals surface area contributed by atoms with Crippen LogP contribution in [0.4, 0.5) is 4.39 Å². The van der Waals surface area contributed by atoms with Gasteiger partial charge in [0.1, 0.15) is 0 Å². The van der Waals surface area contributed by atoms with Gasteiger partial charge in [-0.2, -0.15) is 0 Å².